The summed E-state index contributed by atoms with van der Waals surface area (Å²) < 4.78 is 33.2. The smallest absolute Gasteiger partial charge is 0.261 e. The first-order chi connectivity index (χ1) is 14.4. The number of carbonyl (C=O) groups is 1. The Kier molecular flexibility index (Phi) is 7.32. The number of sulfonamides is 1. The van der Waals surface area contributed by atoms with Gasteiger partial charge in [0.15, 0.2) is 0 Å². The minimum absolute atomic E-state index is 0.167. The molecule has 0 heterocycles. The normalized spacial score (nSPS) is 11.0. The van der Waals surface area contributed by atoms with Gasteiger partial charge in [0.2, 0.25) is 5.91 Å². The highest BCUT2D eigenvalue weighted by Gasteiger charge is 2.15. The summed E-state index contributed by atoms with van der Waals surface area (Å²) in [5, 5.41) is 3.40. The van der Waals surface area contributed by atoms with Crippen LogP contribution >= 0.6 is 11.6 Å². The Balaban J connectivity index is 1.54. The van der Waals surface area contributed by atoms with Crippen molar-refractivity contribution in [1.29, 1.82) is 0 Å². The molecule has 0 saturated carbocycles. The molecule has 0 atom stereocenters. The lowest BCUT2D eigenvalue weighted by Gasteiger charge is -2.13. The fourth-order valence-corrected chi connectivity index (χ4v) is 3.90. The van der Waals surface area contributed by atoms with Gasteiger partial charge in [-0.1, -0.05) is 48.0 Å². The van der Waals surface area contributed by atoms with Crippen LogP contribution in [-0.4, -0.2) is 20.9 Å². The first kappa shape index (κ1) is 21.7. The van der Waals surface area contributed by atoms with Crippen LogP contribution in [-0.2, 0) is 21.4 Å². The second-order valence-corrected chi connectivity index (χ2v) is 8.52. The maximum Gasteiger partial charge on any atom is 0.261 e. The molecule has 0 spiro atoms. The van der Waals surface area contributed by atoms with Crippen LogP contribution in [0.5, 0.6) is 5.75 Å². The fraction of sp³-hybridized carbons (Fsp3) is 0.136. The van der Waals surface area contributed by atoms with Crippen LogP contribution in [0.1, 0.15) is 12.0 Å². The van der Waals surface area contributed by atoms with Crippen molar-refractivity contribution in [3.63, 3.8) is 0 Å². The monoisotopic (exact) mass is 444 g/mol. The lowest BCUT2D eigenvalue weighted by Crippen LogP contribution is -2.25. The minimum atomic E-state index is -3.71. The van der Waals surface area contributed by atoms with E-state index in [1.165, 1.54) is 12.1 Å². The van der Waals surface area contributed by atoms with Gasteiger partial charge in [-0.25, -0.2) is 8.42 Å². The summed E-state index contributed by atoms with van der Waals surface area (Å²) in [7, 11) is -3.71. The number of rotatable bonds is 9. The molecule has 3 aromatic carbocycles. The van der Waals surface area contributed by atoms with Crippen molar-refractivity contribution in [2.24, 2.45) is 0 Å². The molecular weight excluding hydrogens is 424 g/mol. The third-order valence-electron chi connectivity index (χ3n) is 4.20. The zero-order valence-electron chi connectivity index (χ0n) is 16.0. The maximum absolute atomic E-state index is 12.6. The average Bonchev–Trinajstić information content (AvgIpc) is 2.75. The number of amides is 1. The number of carbonyl (C=O) groups excluding carboxylic acids is 1. The Morgan fingerprint density at radius 3 is 2.30 bits per heavy atom. The Morgan fingerprint density at radius 2 is 1.57 bits per heavy atom. The molecule has 0 aliphatic heterocycles. The van der Waals surface area contributed by atoms with Crippen LogP contribution in [0.2, 0.25) is 5.02 Å². The van der Waals surface area contributed by atoms with Gasteiger partial charge in [-0.15, -0.1) is 0 Å². The second-order valence-electron chi connectivity index (χ2n) is 6.40. The van der Waals surface area contributed by atoms with E-state index in [-0.39, 0.29) is 30.4 Å². The second kappa shape index (κ2) is 10.1. The Labute approximate surface area is 180 Å². The van der Waals surface area contributed by atoms with Crippen LogP contribution in [0.3, 0.4) is 0 Å². The van der Waals surface area contributed by atoms with Crippen molar-refractivity contribution in [2.45, 2.75) is 17.9 Å². The molecule has 0 saturated heterocycles. The lowest BCUT2D eigenvalue weighted by molar-refractivity contribution is -0.121. The van der Waals surface area contributed by atoms with Crippen molar-refractivity contribution in [2.75, 3.05) is 11.3 Å². The van der Waals surface area contributed by atoms with Crippen molar-refractivity contribution in [1.82, 2.24) is 5.32 Å². The Morgan fingerprint density at radius 1 is 0.900 bits per heavy atom. The number of hydrogen-bond donors (Lipinski definition) is 2. The fourth-order valence-electron chi connectivity index (χ4n) is 2.65. The first-order valence-corrected chi connectivity index (χ1v) is 11.1. The van der Waals surface area contributed by atoms with Crippen LogP contribution < -0.4 is 14.8 Å². The maximum atomic E-state index is 12.6. The highest BCUT2D eigenvalue weighted by Crippen LogP contribution is 2.20. The van der Waals surface area contributed by atoms with Gasteiger partial charge in [0.25, 0.3) is 10.0 Å². The topological polar surface area (TPSA) is 84.5 Å². The molecule has 3 aromatic rings. The zero-order valence-corrected chi connectivity index (χ0v) is 17.6. The van der Waals surface area contributed by atoms with E-state index in [1.807, 2.05) is 0 Å². The Bertz CT molecular complexity index is 1090. The van der Waals surface area contributed by atoms with Crippen LogP contribution in [0.4, 0.5) is 5.69 Å². The number of benzene rings is 3. The van der Waals surface area contributed by atoms with Gasteiger partial charge in [-0.05, 0) is 48.0 Å². The standard InChI is InChI=1S/C22H21ClN2O4S/c23-18-10-12-19(13-11-18)29-15-14-22(26)24-16-17-6-4-5-9-21(17)25-30(27,28)20-7-2-1-3-8-20/h1-13,25H,14-16H2,(H,24,26). The van der Waals surface area contributed by atoms with Gasteiger partial charge in [0.05, 0.1) is 23.6 Å². The number of anilines is 1. The van der Waals surface area contributed by atoms with E-state index in [2.05, 4.69) is 10.0 Å². The summed E-state index contributed by atoms with van der Waals surface area (Å²) in [4.78, 5) is 12.3. The molecular formula is C22H21ClN2O4S. The van der Waals surface area contributed by atoms with Crippen molar-refractivity contribution in [3.8, 4) is 5.75 Å². The Hall–Kier alpha value is -3.03. The molecule has 0 radical (unpaired) electrons. The van der Waals surface area contributed by atoms with Crippen LogP contribution in [0.15, 0.2) is 83.8 Å². The molecule has 6 nitrogen and oxygen atoms in total. The molecule has 0 aliphatic carbocycles. The van der Waals surface area contributed by atoms with E-state index in [0.717, 1.165) is 0 Å². The number of hydrogen-bond acceptors (Lipinski definition) is 4. The van der Waals surface area contributed by atoms with Crippen molar-refractivity contribution in [3.05, 3.63) is 89.4 Å². The summed E-state index contributed by atoms with van der Waals surface area (Å²) in [6, 6.07) is 21.9. The molecule has 0 aliphatic rings. The van der Waals surface area contributed by atoms with Gasteiger partial charge in [0, 0.05) is 11.6 Å². The van der Waals surface area contributed by atoms with E-state index >= 15 is 0 Å². The molecule has 30 heavy (non-hydrogen) atoms. The van der Waals surface area contributed by atoms with E-state index in [1.54, 1.807) is 66.7 Å². The van der Waals surface area contributed by atoms with Gasteiger partial charge < -0.3 is 10.1 Å². The van der Waals surface area contributed by atoms with Gasteiger partial charge >= 0.3 is 0 Å². The SMILES string of the molecule is O=C(CCOc1ccc(Cl)cc1)NCc1ccccc1NS(=O)(=O)c1ccccc1. The van der Waals surface area contributed by atoms with Crippen molar-refractivity contribution >= 4 is 33.2 Å². The number of para-hydroxylation sites is 1. The van der Waals surface area contributed by atoms with Crippen LogP contribution in [0.25, 0.3) is 0 Å². The lowest BCUT2D eigenvalue weighted by atomic mass is 10.2. The molecule has 0 fully saturated rings. The molecule has 3 rings (SSSR count). The number of ether oxygens (including phenoxy) is 1. The molecule has 8 heteroatoms. The third-order valence-corrected chi connectivity index (χ3v) is 5.84. The summed E-state index contributed by atoms with van der Waals surface area (Å²) in [6.45, 7) is 0.406. The minimum Gasteiger partial charge on any atom is -0.493 e. The molecule has 0 bridgehead atoms. The van der Waals surface area contributed by atoms with Gasteiger partial charge in [0.1, 0.15) is 5.75 Å². The zero-order chi connectivity index (χ0) is 21.4. The summed E-state index contributed by atoms with van der Waals surface area (Å²) in [5.74, 6) is 0.428. The quantitative estimate of drug-likeness (QED) is 0.517. The number of halogens is 1. The summed E-state index contributed by atoms with van der Waals surface area (Å²) >= 11 is 5.82. The van der Waals surface area contributed by atoms with E-state index in [9.17, 15) is 13.2 Å². The largest absolute Gasteiger partial charge is 0.493 e. The molecule has 1 amide bonds. The van der Waals surface area contributed by atoms with Crippen molar-refractivity contribution < 1.29 is 17.9 Å². The number of nitrogens with one attached hydrogen (secondary N) is 2. The summed E-state index contributed by atoms with van der Waals surface area (Å²) in [6.07, 6.45) is 0.167. The van der Waals surface area contributed by atoms with E-state index in [0.29, 0.717) is 22.0 Å². The van der Waals surface area contributed by atoms with E-state index < -0.39 is 10.0 Å². The molecule has 0 unspecified atom stereocenters. The van der Waals surface area contributed by atoms with Crippen LogP contribution in [0, 0.1) is 0 Å². The molecule has 156 valence electrons. The predicted octanol–water partition coefficient (Wildman–Crippen LogP) is 4.23. The summed E-state index contributed by atoms with van der Waals surface area (Å²) in [5.41, 5.74) is 1.07. The predicted molar refractivity (Wildman–Crippen MR) is 117 cm³/mol. The third kappa shape index (κ3) is 6.23. The van der Waals surface area contributed by atoms with Gasteiger partial charge in [-0.3, -0.25) is 9.52 Å². The highest BCUT2D eigenvalue weighted by molar-refractivity contribution is 7.92. The highest BCUT2D eigenvalue weighted by atomic mass is 35.5. The van der Waals surface area contributed by atoms with Gasteiger partial charge in [-0.2, -0.15) is 0 Å². The van der Waals surface area contributed by atoms with E-state index in [4.69, 9.17) is 16.3 Å². The average molecular weight is 445 g/mol. The first-order valence-electron chi connectivity index (χ1n) is 9.25. The molecule has 0 aromatic heterocycles. The molecule has 2 N–H and O–H groups in total.